The van der Waals surface area contributed by atoms with E-state index in [4.69, 9.17) is 9.47 Å². The first kappa shape index (κ1) is 19.8. The number of hydrogen-bond donors (Lipinski definition) is 0. The van der Waals surface area contributed by atoms with Crippen molar-refractivity contribution in [2.45, 2.75) is 40.5 Å². The highest BCUT2D eigenvalue weighted by Gasteiger charge is 2.07. The first-order valence-corrected chi connectivity index (χ1v) is 8.15. The van der Waals surface area contributed by atoms with Crippen molar-refractivity contribution >= 4 is 0 Å². The highest BCUT2D eigenvalue weighted by Crippen LogP contribution is 2.15. The Kier molecular flexibility index (Phi) is 8.68. The summed E-state index contributed by atoms with van der Waals surface area (Å²) in [6.45, 7) is 8.59. The molecule has 0 aliphatic carbocycles. The van der Waals surface area contributed by atoms with Crippen LogP contribution in [0.15, 0.2) is 24.8 Å². The molecule has 6 heteroatoms. The van der Waals surface area contributed by atoms with Gasteiger partial charge in [0.05, 0.1) is 14.2 Å². The van der Waals surface area contributed by atoms with Crippen LogP contribution in [0.4, 0.5) is 0 Å². The van der Waals surface area contributed by atoms with E-state index in [0.717, 1.165) is 24.2 Å². The third-order valence-corrected chi connectivity index (χ3v) is 3.06. The van der Waals surface area contributed by atoms with Gasteiger partial charge in [-0.2, -0.15) is 0 Å². The van der Waals surface area contributed by atoms with Gasteiger partial charge in [-0.15, -0.1) is 0 Å². The van der Waals surface area contributed by atoms with Gasteiger partial charge in [0, 0.05) is 24.8 Å². The zero-order chi connectivity index (χ0) is 17.9. The maximum Gasteiger partial charge on any atom is 0.235 e. The lowest BCUT2D eigenvalue weighted by molar-refractivity contribution is 0.386. The van der Waals surface area contributed by atoms with Crippen molar-refractivity contribution in [3.63, 3.8) is 0 Å². The van der Waals surface area contributed by atoms with Crippen molar-refractivity contribution in [2.75, 3.05) is 14.2 Å². The van der Waals surface area contributed by atoms with Crippen LogP contribution in [0.5, 0.6) is 11.8 Å². The Hall–Kier alpha value is -2.24. The van der Waals surface area contributed by atoms with Gasteiger partial charge in [-0.3, -0.25) is 9.97 Å². The maximum atomic E-state index is 5.07. The van der Waals surface area contributed by atoms with Gasteiger partial charge in [-0.25, -0.2) is 9.97 Å². The van der Waals surface area contributed by atoms with Gasteiger partial charge >= 0.3 is 0 Å². The van der Waals surface area contributed by atoms with Gasteiger partial charge < -0.3 is 9.47 Å². The number of rotatable bonds is 6. The molecule has 0 N–H and O–H groups in total. The summed E-state index contributed by atoms with van der Waals surface area (Å²) in [5.74, 6) is 2.45. The summed E-state index contributed by atoms with van der Waals surface area (Å²) in [6.07, 6.45) is 8.50. The Morgan fingerprint density at radius 3 is 1.29 bits per heavy atom. The van der Waals surface area contributed by atoms with E-state index in [9.17, 15) is 0 Å². The fourth-order valence-corrected chi connectivity index (χ4v) is 2.10. The van der Waals surface area contributed by atoms with Crippen molar-refractivity contribution in [1.82, 2.24) is 19.9 Å². The lowest BCUT2D eigenvalue weighted by Gasteiger charge is -2.06. The van der Waals surface area contributed by atoms with Crippen LogP contribution >= 0.6 is 0 Å². The largest absolute Gasteiger partial charge is 0.480 e. The molecule has 0 amide bonds. The van der Waals surface area contributed by atoms with E-state index in [1.54, 1.807) is 39.0 Å². The van der Waals surface area contributed by atoms with Crippen molar-refractivity contribution in [1.29, 1.82) is 0 Å². The molecular weight excluding hydrogens is 304 g/mol. The van der Waals surface area contributed by atoms with Crippen LogP contribution in [-0.2, 0) is 12.8 Å². The third-order valence-electron chi connectivity index (χ3n) is 3.06. The minimum absolute atomic E-state index is 0.579. The number of ether oxygens (including phenoxy) is 2. The van der Waals surface area contributed by atoms with Crippen molar-refractivity contribution in [3.8, 4) is 11.8 Å². The van der Waals surface area contributed by atoms with Crippen LogP contribution in [-0.4, -0.2) is 34.2 Å². The van der Waals surface area contributed by atoms with Crippen LogP contribution in [0.3, 0.4) is 0 Å². The van der Waals surface area contributed by atoms with Gasteiger partial charge in [-0.1, -0.05) is 27.7 Å². The first-order chi connectivity index (χ1) is 11.5. The standard InChI is InChI=1S/2C9H14N2O/c2*1-7(2)6-8-9(12-3)11-5-4-10-8/h2*4-5,7H,6H2,1-3H3. The summed E-state index contributed by atoms with van der Waals surface area (Å²) >= 11 is 0. The summed E-state index contributed by atoms with van der Waals surface area (Å²) in [4.78, 5) is 16.5. The second-order valence-electron chi connectivity index (χ2n) is 6.22. The smallest absolute Gasteiger partial charge is 0.235 e. The van der Waals surface area contributed by atoms with Gasteiger partial charge in [0.15, 0.2) is 0 Å². The maximum absolute atomic E-state index is 5.07. The fraction of sp³-hybridized carbons (Fsp3) is 0.556. The second-order valence-corrected chi connectivity index (χ2v) is 6.22. The molecular formula is C18H28N4O2. The molecule has 132 valence electrons. The second kappa shape index (κ2) is 10.5. The molecule has 2 aromatic heterocycles. The zero-order valence-corrected chi connectivity index (χ0v) is 15.5. The molecule has 0 bridgehead atoms. The summed E-state index contributed by atoms with van der Waals surface area (Å²) in [5.41, 5.74) is 1.88. The molecule has 0 radical (unpaired) electrons. The molecule has 0 aliphatic heterocycles. The predicted octanol–water partition coefficient (Wildman–Crippen LogP) is 3.37. The van der Waals surface area contributed by atoms with E-state index in [-0.39, 0.29) is 0 Å². The summed E-state index contributed by atoms with van der Waals surface area (Å²) < 4.78 is 10.1. The molecule has 0 aromatic carbocycles. The van der Waals surface area contributed by atoms with E-state index in [0.29, 0.717) is 23.6 Å². The molecule has 0 saturated heterocycles. The Balaban J connectivity index is 0.000000240. The van der Waals surface area contributed by atoms with Gasteiger partial charge in [0.25, 0.3) is 0 Å². The lowest BCUT2D eigenvalue weighted by Crippen LogP contribution is -2.01. The number of methoxy groups -OCH3 is 2. The molecule has 24 heavy (non-hydrogen) atoms. The SMILES string of the molecule is COc1nccnc1CC(C)C.COc1nccnc1CC(C)C. The normalized spacial score (nSPS) is 10.3. The average Bonchev–Trinajstić information content (AvgIpc) is 2.55. The fourth-order valence-electron chi connectivity index (χ4n) is 2.10. The molecule has 2 aromatic rings. The minimum Gasteiger partial charge on any atom is -0.480 e. The Morgan fingerprint density at radius 1 is 0.667 bits per heavy atom. The molecule has 2 heterocycles. The predicted molar refractivity (Wildman–Crippen MR) is 94.3 cm³/mol. The molecule has 0 spiro atoms. The zero-order valence-electron chi connectivity index (χ0n) is 15.5. The van der Waals surface area contributed by atoms with E-state index in [1.165, 1.54) is 0 Å². The van der Waals surface area contributed by atoms with Crippen LogP contribution < -0.4 is 9.47 Å². The summed E-state index contributed by atoms with van der Waals surface area (Å²) in [6, 6.07) is 0. The quantitative estimate of drug-likeness (QED) is 0.808. The van der Waals surface area contributed by atoms with Gasteiger partial charge in [-0.05, 0) is 24.7 Å². The van der Waals surface area contributed by atoms with Crippen LogP contribution in [0.25, 0.3) is 0 Å². The van der Waals surface area contributed by atoms with Crippen LogP contribution in [0.1, 0.15) is 39.1 Å². The van der Waals surface area contributed by atoms with Crippen LogP contribution in [0.2, 0.25) is 0 Å². The van der Waals surface area contributed by atoms with E-state index >= 15 is 0 Å². The molecule has 0 aliphatic rings. The monoisotopic (exact) mass is 332 g/mol. The first-order valence-electron chi connectivity index (χ1n) is 8.15. The molecule has 2 rings (SSSR count). The molecule has 0 atom stereocenters. The van der Waals surface area contributed by atoms with Crippen molar-refractivity contribution < 1.29 is 9.47 Å². The Labute approximate surface area is 144 Å². The Morgan fingerprint density at radius 2 is 1.00 bits per heavy atom. The number of hydrogen-bond acceptors (Lipinski definition) is 6. The van der Waals surface area contributed by atoms with Crippen LogP contribution in [0, 0.1) is 11.8 Å². The average molecular weight is 332 g/mol. The highest BCUT2D eigenvalue weighted by atomic mass is 16.5. The molecule has 0 unspecified atom stereocenters. The Bertz CT molecular complexity index is 550. The lowest BCUT2D eigenvalue weighted by atomic mass is 10.1. The molecule has 0 fully saturated rings. The summed E-state index contributed by atoms with van der Waals surface area (Å²) in [5, 5.41) is 0. The topological polar surface area (TPSA) is 70.0 Å². The number of nitrogens with zero attached hydrogens (tertiary/aromatic N) is 4. The minimum atomic E-state index is 0.579. The summed E-state index contributed by atoms with van der Waals surface area (Å²) in [7, 11) is 3.24. The van der Waals surface area contributed by atoms with E-state index in [1.807, 2.05) is 0 Å². The highest BCUT2D eigenvalue weighted by molar-refractivity contribution is 5.17. The third kappa shape index (κ3) is 6.89. The number of aromatic nitrogens is 4. The van der Waals surface area contributed by atoms with E-state index < -0.39 is 0 Å². The van der Waals surface area contributed by atoms with Gasteiger partial charge in [0.1, 0.15) is 11.4 Å². The molecule has 0 saturated carbocycles. The van der Waals surface area contributed by atoms with Gasteiger partial charge in [0.2, 0.25) is 11.8 Å². The van der Waals surface area contributed by atoms with Crippen molar-refractivity contribution in [2.24, 2.45) is 11.8 Å². The molecule has 6 nitrogen and oxygen atoms in total. The van der Waals surface area contributed by atoms with E-state index in [2.05, 4.69) is 47.6 Å². The van der Waals surface area contributed by atoms with Crippen molar-refractivity contribution in [3.05, 3.63) is 36.2 Å².